The number of nitrogens with zero attached hydrogens (tertiary/aromatic N) is 2. The van der Waals surface area contributed by atoms with Crippen LogP contribution in [0.1, 0.15) is 16.1 Å². The molecule has 0 bridgehead atoms. The quantitative estimate of drug-likeness (QED) is 0.371. The van der Waals surface area contributed by atoms with Crippen molar-refractivity contribution < 1.29 is 9.53 Å². The van der Waals surface area contributed by atoms with Crippen LogP contribution in [0, 0.1) is 0 Å². The highest BCUT2D eigenvalue weighted by atomic mass is 35.5. The van der Waals surface area contributed by atoms with Gasteiger partial charge in [-0.3, -0.25) is 9.20 Å². The van der Waals surface area contributed by atoms with E-state index in [0.29, 0.717) is 16.4 Å². The van der Waals surface area contributed by atoms with E-state index in [1.807, 2.05) is 52.4 Å². The highest BCUT2D eigenvalue weighted by Gasteiger charge is 2.10. The molecule has 124 valence electrons. The molecule has 2 heterocycles. The number of carbonyl (C=O) groups excluding carboxylic acids is 1. The molecule has 6 heteroatoms. The van der Waals surface area contributed by atoms with E-state index >= 15 is 0 Å². The predicted molar refractivity (Wildman–Crippen MR) is 102 cm³/mol. The SMILES string of the molecule is COc1ccc2cc(C(=O)/C=C/c3c(Cl)nc4sccn34)ccc2c1. The first kappa shape index (κ1) is 15.9. The van der Waals surface area contributed by atoms with Gasteiger partial charge in [-0.1, -0.05) is 29.8 Å². The lowest BCUT2D eigenvalue weighted by atomic mass is 10.0. The lowest BCUT2D eigenvalue weighted by Crippen LogP contribution is -1.94. The maximum Gasteiger partial charge on any atom is 0.195 e. The number of ether oxygens (including phenoxy) is 1. The van der Waals surface area contributed by atoms with Crippen LogP contribution in [0.5, 0.6) is 5.75 Å². The number of aromatic nitrogens is 2. The van der Waals surface area contributed by atoms with Crippen molar-refractivity contribution in [3.8, 4) is 5.75 Å². The van der Waals surface area contributed by atoms with Gasteiger partial charge < -0.3 is 4.74 Å². The number of imidazole rings is 1. The van der Waals surface area contributed by atoms with E-state index in [9.17, 15) is 4.79 Å². The minimum absolute atomic E-state index is 0.0843. The lowest BCUT2D eigenvalue weighted by Gasteiger charge is -2.04. The molecule has 0 aliphatic rings. The number of halogens is 1. The van der Waals surface area contributed by atoms with Crippen molar-refractivity contribution in [2.24, 2.45) is 0 Å². The Kier molecular flexibility index (Phi) is 4.03. The maximum absolute atomic E-state index is 12.5. The molecule has 0 aliphatic heterocycles. The summed E-state index contributed by atoms with van der Waals surface area (Å²) >= 11 is 7.64. The van der Waals surface area contributed by atoms with Crippen molar-refractivity contribution in [2.75, 3.05) is 7.11 Å². The largest absolute Gasteiger partial charge is 0.497 e. The molecule has 2 aromatic heterocycles. The molecule has 4 nitrogen and oxygen atoms in total. The zero-order valence-electron chi connectivity index (χ0n) is 13.3. The van der Waals surface area contributed by atoms with Crippen molar-refractivity contribution in [3.05, 3.63) is 70.5 Å². The molecule has 0 saturated carbocycles. The normalized spacial score (nSPS) is 11.6. The number of rotatable bonds is 4. The van der Waals surface area contributed by atoms with Gasteiger partial charge in [0.25, 0.3) is 0 Å². The van der Waals surface area contributed by atoms with Gasteiger partial charge in [-0.15, -0.1) is 11.3 Å². The molecule has 0 aliphatic carbocycles. The van der Waals surface area contributed by atoms with E-state index < -0.39 is 0 Å². The van der Waals surface area contributed by atoms with Crippen LogP contribution in [-0.4, -0.2) is 22.3 Å². The summed E-state index contributed by atoms with van der Waals surface area (Å²) in [6, 6.07) is 11.4. The van der Waals surface area contributed by atoms with Gasteiger partial charge in [0.2, 0.25) is 0 Å². The summed E-state index contributed by atoms with van der Waals surface area (Å²) in [5.41, 5.74) is 1.33. The van der Waals surface area contributed by atoms with Gasteiger partial charge in [0.1, 0.15) is 5.75 Å². The minimum atomic E-state index is -0.0843. The number of ketones is 1. The number of hydrogen-bond donors (Lipinski definition) is 0. The summed E-state index contributed by atoms with van der Waals surface area (Å²) in [5.74, 6) is 0.709. The lowest BCUT2D eigenvalue weighted by molar-refractivity contribution is 0.104. The van der Waals surface area contributed by atoms with Crippen LogP contribution in [0.2, 0.25) is 5.15 Å². The van der Waals surface area contributed by atoms with Crippen LogP contribution in [0.4, 0.5) is 0 Å². The Bertz CT molecular complexity index is 1130. The molecule has 0 amide bonds. The first-order valence-corrected chi connectivity index (χ1v) is 8.83. The van der Waals surface area contributed by atoms with Crippen LogP contribution in [0.25, 0.3) is 21.8 Å². The third-order valence-corrected chi connectivity index (χ3v) is 5.01. The summed E-state index contributed by atoms with van der Waals surface area (Å²) in [6.07, 6.45) is 5.11. The third kappa shape index (κ3) is 2.92. The standard InChI is InChI=1S/C19H13ClN2O2S/c1-24-15-5-4-12-10-14(3-2-13(12)11-15)17(23)7-6-16-18(20)21-19-22(16)8-9-25-19/h2-11H,1H3/b7-6+. The van der Waals surface area contributed by atoms with Crippen LogP contribution >= 0.6 is 22.9 Å². The van der Waals surface area contributed by atoms with Gasteiger partial charge in [0.05, 0.1) is 12.8 Å². The Morgan fingerprint density at radius 3 is 2.88 bits per heavy atom. The predicted octanol–water partition coefficient (Wildman–Crippen LogP) is 5.11. The van der Waals surface area contributed by atoms with Gasteiger partial charge in [-0.2, -0.15) is 0 Å². The van der Waals surface area contributed by atoms with Crippen LogP contribution < -0.4 is 4.74 Å². The smallest absolute Gasteiger partial charge is 0.195 e. The Labute approximate surface area is 152 Å². The van der Waals surface area contributed by atoms with E-state index in [0.717, 1.165) is 21.5 Å². The molecule has 0 fully saturated rings. The van der Waals surface area contributed by atoms with Crippen LogP contribution in [-0.2, 0) is 0 Å². The van der Waals surface area contributed by atoms with Crippen LogP contribution in [0.3, 0.4) is 0 Å². The highest BCUT2D eigenvalue weighted by molar-refractivity contribution is 7.15. The van der Waals surface area contributed by atoms with E-state index in [1.165, 1.54) is 17.4 Å². The molecule has 0 unspecified atom stereocenters. The number of allylic oxidation sites excluding steroid dienone is 1. The first-order chi connectivity index (χ1) is 12.2. The molecule has 0 saturated heterocycles. The van der Waals surface area contributed by atoms with Gasteiger partial charge >= 0.3 is 0 Å². The fraction of sp³-hybridized carbons (Fsp3) is 0.0526. The second-order valence-corrected chi connectivity index (χ2v) is 6.70. The second kappa shape index (κ2) is 6.35. The van der Waals surface area contributed by atoms with Crippen molar-refractivity contribution in [3.63, 3.8) is 0 Å². The molecule has 25 heavy (non-hydrogen) atoms. The van der Waals surface area contributed by atoms with Gasteiger partial charge in [-0.25, -0.2) is 4.98 Å². The van der Waals surface area contributed by atoms with E-state index in [4.69, 9.17) is 16.3 Å². The molecule has 4 aromatic rings. The molecule has 2 aromatic carbocycles. The Morgan fingerprint density at radius 2 is 2.04 bits per heavy atom. The van der Waals surface area contributed by atoms with E-state index in [-0.39, 0.29) is 5.78 Å². The van der Waals surface area contributed by atoms with Crippen molar-refractivity contribution in [2.45, 2.75) is 0 Å². The molecular weight excluding hydrogens is 356 g/mol. The van der Waals surface area contributed by atoms with Gasteiger partial charge in [-0.05, 0) is 41.1 Å². The van der Waals surface area contributed by atoms with Gasteiger partial charge in [0, 0.05) is 17.1 Å². The summed E-state index contributed by atoms with van der Waals surface area (Å²) in [6.45, 7) is 0. The fourth-order valence-corrected chi connectivity index (χ4v) is 3.69. The fourth-order valence-electron chi connectivity index (χ4n) is 2.68. The number of methoxy groups -OCH3 is 1. The first-order valence-electron chi connectivity index (χ1n) is 7.57. The average molecular weight is 369 g/mol. The molecule has 0 N–H and O–H groups in total. The molecular formula is C19H13ClN2O2S. The number of carbonyl (C=O) groups is 1. The Morgan fingerprint density at radius 1 is 1.24 bits per heavy atom. The number of hydrogen-bond acceptors (Lipinski definition) is 4. The monoisotopic (exact) mass is 368 g/mol. The minimum Gasteiger partial charge on any atom is -0.497 e. The number of benzene rings is 2. The zero-order chi connectivity index (χ0) is 17.4. The van der Waals surface area contributed by atoms with Gasteiger partial charge in [0.15, 0.2) is 15.9 Å². The van der Waals surface area contributed by atoms with Crippen molar-refractivity contribution >= 4 is 50.5 Å². The number of thiazole rings is 1. The second-order valence-electron chi connectivity index (χ2n) is 5.47. The highest BCUT2D eigenvalue weighted by Crippen LogP contribution is 2.24. The summed E-state index contributed by atoms with van der Waals surface area (Å²) in [7, 11) is 1.63. The van der Waals surface area contributed by atoms with E-state index in [2.05, 4.69) is 4.98 Å². The third-order valence-electron chi connectivity index (χ3n) is 3.98. The molecule has 0 spiro atoms. The summed E-state index contributed by atoms with van der Waals surface area (Å²) < 4.78 is 7.09. The summed E-state index contributed by atoms with van der Waals surface area (Å²) in [4.78, 5) is 17.6. The van der Waals surface area contributed by atoms with Crippen LogP contribution in [0.15, 0.2) is 54.1 Å². The molecule has 0 atom stereocenters. The van der Waals surface area contributed by atoms with Crippen molar-refractivity contribution in [1.82, 2.24) is 9.38 Å². The number of fused-ring (bicyclic) bond motifs is 2. The van der Waals surface area contributed by atoms with Crippen molar-refractivity contribution in [1.29, 1.82) is 0 Å². The Hall–Kier alpha value is -2.63. The average Bonchev–Trinajstić information content (AvgIpc) is 3.19. The maximum atomic E-state index is 12.5. The topological polar surface area (TPSA) is 43.6 Å². The zero-order valence-corrected chi connectivity index (χ0v) is 14.8. The van der Waals surface area contributed by atoms with E-state index in [1.54, 1.807) is 13.2 Å². The summed E-state index contributed by atoms with van der Waals surface area (Å²) in [5, 5.41) is 4.33. The Balaban J connectivity index is 1.65. The molecule has 0 radical (unpaired) electrons. The molecule has 4 rings (SSSR count).